The second kappa shape index (κ2) is 5.32. The van der Waals surface area contributed by atoms with Gasteiger partial charge < -0.3 is 9.31 Å². The van der Waals surface area contributed by atoms with E-state index >= 15 is 0 Å². The smallest absolute Gasteiger partial charge is 0.399 e. The first-order valence-electron chi connectivity index (χ1n) is 8.38. The molecular weight excluding hydrogens is 285 g/mol. The van der Waals surface area contributed by atoms with Crippen LogP contribution in [0.3, 0.4) is 0 Å². The minimum absolute atomic E-state index is 0.325. The molecule has 1 aromatic carbocycles. The van der Waals surface area contributed by atoms with Crippen molar-refractivity contribution in [1.82, 2.24) is 4.98 Å². The topological polar surface area (TPSA) is 31.4 Å². The number of aromatic nitrogens is 1. The van der Waals surface area contributed by atoms with Gasteiger partial charge in [-0.2, -0.15) is 0 Å². The largest absolute Gasteiger partial charge is 0.495 e. The van der Waals surface area contributed by atoms with E-state index in [1.807, 2.05) is 6.20 Å². The molecule has 1 saturated heterocycles. The van der Waals surface area contributed by atoms with Gasteiger partial charge in [-0.1, -0.05) is 19.9 Å². The van der Waals surface area contributed by atoms with Crippen molar-refractivity contribution < 1.29 is 9.31 Å². The lowest BCUT2D eigenvalue weighted by molar-refractivity contribution is 0.00578. The average Bonchev–Trinajstić information content (AvgIpc) is 2.66. The van der Waals surface area contributed by atoms with Gasteiger partial charge in [0.1, 0.15) is 0 Å². The summed E-state index contributed by atoms with van der Waals surface area (Å²) in [6.45, 7) is 14.9. The highest BCUT2D eigenvalue weighted by molar-refractivity contribution is 6.63. The lowest BCUT2D eigenvalue weighted by Crippen LogP contribution is -2.41. The van der Waals surface area contributed by atoms with Crippen LogP contribution in [0.1, 0.15) is 58.6 Å². The van der Waals surface area contributed by atoms with Gasteiger partial charge in [0.05, 0.1) is 16.7 Å². The minimum atomic E-state index is -0.329. The van der Waals surface area contributed by atoms with E-state index in [-0.39, 0.29) is 18.3 Å². The Morgan fingerprint density at radius 2 is 1.61 bits per heavy atom. The molecule has 0 bridgehead atoms. The average molecular weight is 311 g/mol. The Bertz CT molecular complexity index is 736. The van der Waals surface area contributed by atoms with E-state index < -0.39 is 0 Å². The number of benzene rings is 1. The zero-order valence-corrected chi connectivity index (χ0v) is 15.2. The van der Waals surface area contributed by atoms with Crippen LogP contribution < -0.4 is 5.46 Å². The minimum Gasteiger partial charge on any atom is -0.399 e. The standard InChI is InChI=1S/C19H26BNO2/c1-12(2)14-10-11-21-16-9-8-15(13(3)17(14)16)20-22-18(4,5)19(6,7)23-20/h8-12H,1-7H3. The molecule has 122 valence electrons. The number of hydrogen-bond acceptors (Lipinski definition) is 3. The summed E-state index contributed by atoms with van der Waals surface area (Å²) in [6, 6.07) is 6.29. The van der Waals surface area contributed by atoms with Gasteiger partial charge in [0.2, 0.25) is 0 Å². The predicted octanol–water partition coefficient (Wildman–Crippen LogP) is 3.97. The molecule has 23 heavy (non-hydrogen) atoms. The van der Waals surface area contributed by atoms with Crippen LogP contribution in [0, 0.1) is 6.92 Å². The van der Waals surface area contributed by atoms with E-state index in [1.165, 1.54) is 16.5 Å². The van der Waals surface area contributed by atoms with Crippen LogP contribution in [0.4, 0.5) is 0 Å². The van der Waals surface area contributed by atoms with Crippen LogP contribution >= 0.6 is 0 Å². The monoisotopic (exact) mass is 311 g/mol. The molecular formula is C19H26BNO2. The third kappa shape index (κ3) is 2.58. The molecule has 4 heteroatoms. The Morgan fingerprint density at radius 3 is 2.17 bits per heavy atom. The SMILES string of the molecule is Cc1c(B2OC(C)(C)C(C)(C)O2)ccc2nccc(C(C)C)c12. The number of fused-ring (bicyclic) bond motifs is 1. The van der Waals surface area contributed by atoms with Crippen molar-refractivity contribution >= 4 is 23.5 Å². The van der Waals surface area contributed by atoms with Crippen LogP contribution in [0.5, 0.6) is 0 Å². The highest BCUT2D eigenvalue weighted by Crippen LogP contribution is 2.37. The van der Waals surface area contributed by atoms with Gasteiger partial charge in [-0.15, -0.1) is 0 Å². The highest BCUT2D eigenvalue weighted by Gasteiger charge is 2.52. The van der Waals surface area contributed by atoms with Gasteiger partial charge in [0.15, 0.2) is 0 Å². The lowest BCUT2D eigenvalue weighted by atomic mass is 9.74. The van der Waals surface area contributed by atoms with Crippen LogP contribution in [0.2, 0.25) is 0 Å². The van der Waals surface area contributed by atoms with E-state index in [9.17, 15) is 0 Å². The van der Waals surface area contributed by atoms with E-state index in [4.69, 9.17) is 9.31 Å². The van der Waals surface area contributed by atoms with Crippen LogP contribution in [-0.4, -0.2) is 23.3 Å². The molecule has 1 aromatic heterocycles. The van der Waals surface area contributed by atoms with Crippen molar-refractivity contribution in [2.24, 2.45) is 0 Å². The summed E-state index contributed by atoms with van der Waals surface area (Å²) in [4.78, 5) is 4.53. The maximum absolute atomic E-state index is 6.24. The summed E-state index contributed by atoms with van der Waals surface area (Å²) >= 11 is 0. The summed E-state index contributed by atoms with van der Waals surface area (Å²) in [5.41, 5.74) is 4.02. The van der Waals surface area contributed by atoms with E-state index in [2.05, 4.69) is 71.6 Å². The molecule has 3 nitrogen and oxygen atoms in total. The fourth-order valence-corrected chi connectivity index (χ4v) is 3.17. The molecule has 0 aliphatic carbocycles. The predicted molar refractivity (Wildman–Crippen MR) is 96.3 cm³/mol. The molecule has 2 heterocycles. The molecule has 1 aliphatic heterocycles. The fourth-order valence-electron chi connectivity index (χ4n) is 3.17. The second-order valence-corrected chi connectivity index (χ2v) is 7.82. The Morgan fingerprint density at radius 1 is 1.00 bits per heavy atom. The van der Waals surface area contributed by atoms with Crippen LogP contribution in [-0.2, 0) is 9.31 Å². The molecule has 0 atom stereocenters. The van der Waals surface area contributed by atoms with Gasteiger partial charge in [-0.05, 0) is 69.3 Å². The van der Waals surface area contributed by atoms with Crippen molar-refractivity contribution in [3.05, 3.63) is 35.5 Å². The molecule has 0 unspecified atom stereocenters. The van der Waals surface area contributed by atoms with Crippen molar-refractivity contribution in [3.63, 3.8) is 0 Å². The number of pyridine rings is 1. The zero-order chi connectivity index (χ0) is 17.0. The van der Waals surface area contributed by atoms with Crippen LogP contribution in [0.15, 0.2) is 24.4 Å². The van der Waals surface area contributed by atoms with Crippen molar-refractivity contribution in [1.29, 1.82) is 0 Å². The molecule has 0 amide bonds. The fraction of sp³-hybridized carbons (Fsp3) is 0.526. The third-order valence-electron chi connectivity index (χ3n) is 5.37. The number of nitrogens with zero attached hydrogens (tertiary/aromatic N) is 1. The number of aryl methyl sites for hydroxylation is 1. The molecule has 0 spiro atoms. The molecule has 1 aliphatic rings. The molecule has 0 N–H and O–H groups in total. The molecule has 2 aromatic rings. The maximum Gasteiger partial charge on any atom is 0.495 e. The van der Waals surface area contributed by atoms with Crippen molar-refractivity contribution in [2.45, 2.75) is 65.6 Å². The molecule has 0 radical (unpaired) electrons. The van der Waals surface area contributed by atoms with Gasteiger partial charge in [0, 0.05) is 11.6 Å². The normalized spacial score (nSPS) is 19.7. The first kappa shape index (κ1) is 16.5. The first-order chi connectivity index (χ1) is 10.6. The Labute approximate surface area is 139 Å². The second-order valence-electron chi connectivity index (χ2n) is 7.82. The van der Waals surface area contributed by atoms with Gasteiger partial charge >= 0.3 is 7.12 Å². The third-order valence-corrected chi connectivity index (χ3v) is 5.37. The molecule has 0 saturated carbocycles. The Balaban J connectivity index is 2.14. The summed E-state index contributed by atoms with van der Waals surface area (Å²) in [6.07, 6.45) is 1.89. The number of rotatable bonds is 2. The maximum atomic E-state index is 6.24. The quantitative estimate of drug-likeness (QED) is 0.787. The molecule has 1 fully saturated rings. The number of hydrogen-bond donors (Lipinski definition) is 0. The Hall–Kier alpha value is -1.39. The lowest BCUT2D eigenvalue weighted by Gasteiger charge is -2.32. The van der Waals surface area contributed by atoms with E-state index in [0.29, 0.717) is 5.92 Å². The summed E-state index contributed by atoms with van der Waals surface area (Å²) in [7, 11) is -0.329. The van der Waals surface area contributed by atoms with Gasteiger partial charge in [-0.3, -0.25) is 4.98 Å². The van der Waals surface area contributed by atoms with Crippen molar-refractivity contribution in [2.75, 3.05) is 0 Å². The first-order valence-corrected chi connectivity index (χ1v) is 8.38. The van der Waals surface area contributed by atoms with Crippen molar-refractivity contribution in [3.8, 4) is 0 Å². The van der Waals surface area contributed by atoms with E-state index in [0.717, 1.165) is 11.0 Å². The van der Waals surface area contributed by atoms with Gasteiger partial charge in [-0.25, -0.2) is 0 Å². The summed E-state index contributed by atoms with van der Waals surface area (Å²) < 4.78 is 12.5. The van der Waals surface area contributed by atoms with E-state index in [1.54, 1.807) is 0 Å². The Kier molecular flexibility index (Phi) is 3.81. The van der Waals surface area contributed by atoms with Gasteiger partial charge in [0.25, 0.3) is 0 Å². The summed E-state index contributed by atoms with van der Waals surface area (Å²) in [5, 5.41) is 1.23. The molecule has 3 rings (SSSR count). The van der Waals surface area contributed by atoms with Crippen LogP contribution in [0.25, 0.3) is 10.9 Å². The zero-order valence-electron chi connectivity index (χ0n) is 15.2. The highest BCUT2D eigenvalue weighted by atomic mass is 16.7. The summed E-state index contributed by atoms with van der Waals surface area (Å²) in [5.74, 6) is 0.452.